The Bertz CT molecular complexity index is 1410. The van der Waals surface area contributed by atoms with Gasteiger partial charge in [-0.15, -0.1) is 0 Å². The molecule has 39 heavy (non-hydrogen) atoms. The van der Waals surface area contributed by atoms with E-state index >= 15 is 0 Å². The van der Waals surface area contributed by atoms with Crippen LogP contribution in [0.4, 0.5) is 0 Å². The highest BCUT2D eigenvalue weighted by Crippen LogP contribution is 2.55. The zero-order valence-corrected chi connectivity index (χ0v) is 23.2. The molecule has 0 saturated heterocycles. The van der Waals surface area contributed by atoms with Crippen molar-refractivity contribution in [1.29, 1.82) is 0 Å². The molecule has 2 aliphatic carbocycles. The van der Waals surface area contributed by atoms with Gasteiger partial charge >= 0.3 is 11.9 Å². The van der Waals surface area contributed by atoms with Crippen molar-refractivity contribution in [2.75, 3.05) is 0 Å². The van der Waals surface area contributed by atoms with E-state index in [1.54, 1.807) is 6.07 Å². The number of rotatable bonds is 10. The van der Waals surface area contributed by atoms with E-state index < -0.39 is 11.9 Å². The molecule has 2 aliphatic rings. The first kappa shape index (κ1) is 28.1. The van der Waals surface area contributed by atoms with Crippen LogP contribution >= 0.6 is 0 Å². The summed E-state index contributed by atoms with van der Waals surface area (Å²) in [4.78, 5) is 58.3. The largest absolute Gasteiger partial charge is 0.331 e. The van der Waals surface area contributed by atoms with Crippen LogP contribution < -0.4 is 0 Å². The molecular weight excluding hydrogens is 496 g/mol. The summed E-state index contributed by atoms with van der Waals surface area (Å²) >= 11 is 0. The zero-order valence-electron chi connectivity index (χ0n) is 23.2. The van der Waals surface area contributed by atoms with Crippen LogP contribution in [0.1, 0.15) is 111 Å². The Kier molecular flexibility index (Phi) is 8.23. The first-order valence-electron chi connectivity index (χ1n) is 13.5. The SMILES string of the molecule is CCCCC1(CCCC)c2cc(C(=O)/C(C)=N/OC(C)=O)ccc2-c2cc3c(cc21)C(=O)/C(=N/OC(C)=O)C3. The predicted octanol–water partition coefficient (Wildman–Crippen LogP) is 6.11. The number of oxime groups is 2. The molecule has 2 aromatic rings. The van der Waals surface area contributed by atoms with Gasteiger partial charge in [0.05, 0.1) is 0 Å². The van der Waals surface area contributed by atoms with Crippen molar-refractivity contribution < 1.29 is 28.9 Å². The highest BCUT2D eigenvalue weighted by atomic mass is 16.7. The topological polar surface area (TPSA) is 111 Å². The molecule has 0 aliphatic heterocycles. The van der Waals surface area contributed by atoms with E-state index in [4.69, 9.17) is 9.68 Å². The molecule has 0 bridgehead atoms. The Morgan fingerprint density at radius 2 is 1.49 bits per heavy atom. The van der Waals surface area contributed by atoms with E-state index in [1.807, 2.05) is 18.2 Å². The summed E-state index contributed by atoms with van der Waals surface area (Å²) in [7, 11) is 0. The fourth-order valence-electron chi connectivity index (χ4n) is 5.70. The summed E-state index contributed by atoms with van der Waals surface area (Å²) < 4.78 is 0. The fourth-order valence-corrected chi connectivity index (χ4v) is 5.70. The van der Waals surface area contributed by atoms with Crippen LogP contribution in [0.5, 0.6) is 0 Å². The average molecular weight is 531 g/mol. The summed E-state index contributed by atoms with van der Waals surface area (Å²) in [6.07, 6.45) is 6.04. The molecule has 0 radical (unpaired) electrons. The number of carbonyl (C=O) groups excluding carboxylic acids is 4. The first-order valence-corrected chi connectivity index (χ1v) is 13.5. The van der Waals surface area contributed by atoms with Crippen molar-refractivity contribution >= 4 is 34.9 Å². The summed E-state index contributed by atoms with van der Waals surface area (Å²) in [6, 6.07) is 9.77. The number of unbranched alkanes of at least 4 members (excludes halogenated alkanes) is 2. The minimum absolute atomic E-state index is 0.0950. The van der Waals surface area contributed by atoms with E-state index in [2.05, 4.69) is 30.2 Å². The van der Waals surface area contributed by atoms with Gasteiger partial charge < -0.3 is 9.68 Å². The van der Waals surface area contributed by atoms with Crippen molar-refractivity contribution in [3.05, 3.63) is 58.1 Å². The third-order valence-electron chi connectivity index (χ3n) is 7.55. The molecule has 0 fully saturated rings. The van der Waals surface area contributed by atoms with Crippen molar-refractivity contribution in [3.8, 4) is 11.1 Å². The number of benzene rings is 2. The van der Waals surface area contributed by atoms with Crippen molar-refractivity contribution in [1.82, 2.24) is 0 Å². The normalized spacial score (nSPS) is 16.1. The van der Waals surface area contributed by atoms with E-state index in [9.17, 15) is 19.2 Å². The number of Topliss-reactive ketones (excluding diaryl/α,β-unsaturated/α-hetero) is 2. The van der Waals surface area contributed by atoms with Crippen LogP contribution in [-0.4, -0.2) is 34.9 Å². The van der Waals surface area contributed by atoms with Gasteiger partial charge in [-0.05, 0) is 65.8 Å². The number of hydrogen-bond acceptors (Lipinski definition) is 8. The number of nitrogens with zero attached hydrogens (tertiary/aromatic N) is 2. The van der Waals surface area contributed by atoms with E-state index in [-0.39, 0.29) is 28.4 Å². The molecule has 204 valence electrons. The summed E-state index contributed by atoms with van der Waals surface area (Å²) in [5.41, 5.74) is 6.15. The van der Waals surface area contributed by atoms with Crippen molar-refractivity contribution in [3.63, 3.8) is 0 Å². The van der Waals surface area contributed by atoms with Crippen LogP contribution in [0, 0.1) is 0 Å². The van der Waals surface area contributed by atoms with Gasteiger partial charge in [0, 0.05) is 36.8 Å². The second-order valence-electron chi connectivity index (χ2n) is 10.3. The average Bonchev–Trinajstić information content (AvgIpc) is 3.37. The van der Waals surface area contributed by atoms with E-state index in [0.29, 0.717) is 17.5 Å². The molecule has 0 aromatic heterocycles. The molecule has 8 nitrogen and oxygen atoms in total. The summed E-state index contributed by atoms with van der Waals surface area (Å²) in [6.45, 7) is 8.32. The van der Waals surface area contributed by atoms with Gasteiger partial charge in [0.15, 0.2) is 0 Å². The van der Waals surface area contributed by atoms with Gasteiger partial charge in [0.2, 0.25) is 11.6 Å². The monoisotopic (exact) mass is 530 g/mol. The Balaban J connectivity index is 1.87. The summed E-state index contributed by atoms with van der Waals surface area (Å²) in [5.74, 6) is -1.69. The standard InChI is InChI=1S/C31H34N2O6/c1-6-8-12-31(13-9-7-2)26-15-21(29(36)18(3)32-38-19(4)34)10-11-23(26)25-14-22-16-28(33-39-20(5)35)30(37)24(22)17-27(25)31/h10-11,14-15,17H,6-9,12-13,16H2,1-5H3/b32-18+,33-28+. The lowest BCUT2D eigenvalue weighted by molar-refractivity contribution is -0.141. The Labute approximate surface area is 228 Å². The van der Waals surface area contributed by atoms with Gasteiger partial charge in [0.1, 0.15) is 11.4 Å². The van der Waals surface area contributed by atoms with E-state index in [1.165, 1.54) is 20.8 Å². The zero-order chi connectivity index (χ0) is 28.3. The van der Waals surface area contributed by atoms with Gasteiger partial charge in [-0.1, -0.05) is 62.0 Å². The number of ketones is 2. The minimum Gasteiger partial charge on any atom is -0.318 e. The molecule has 0 unspecified atom stereocenters. The quantitative estimate of drug-likeness (QED) is 0.158. The van der Waals surface area contributed by atoms with Crippen molar-refractivity contribution in [2.24, 2.45) is 10.3 Å². The second kappa shape index (κ2) is 11.4. The predicted molar refractivity (Wildman–Crippen MR) is 148 cm³/mol. The Hall–Kier alpha value is -3.94. The van der Waals surface area contributed by atoms with Gasteiger partial charge in [0.25, 0.3) is 0 Å². The molecule has 0 spiro atoms. The van der Waals surface area contributed by atoms with Crippen LogP contribution in [0.15, 0.2) is 40.6 Å². The highest BCUT2D eigenvalue weighted by Gasteiger charge is 2.44. The highest BCUT2D eigenvalue weighted by molar-refractivity contribution is 6.49. The smallest absolute Gasteiger partial charge is 0.318 e. The molecule has 4 rings (SSSR count). The maximum atomic E-state index is 13.2. The second-order valence-corrected chi connectivity index (χ2v) is 10.3. The lowest BCUT2D eigenvalue weighted by atomic mass is 9.70. The lowest BCUT2D eigenvalue weighted by Crippen LogP contribution is -2.26. The molecule has 2 aromatic carbocycles. The van der Waals surface area contributed by atoms with Crippen LogP contribution in [-0.2, 0) is 31.1 Å². The molecule has 0 saturated carbocycles. The molecule has 0 heterocycles. The van der Waals surface area contributed by atoms with Crippen LogP contribution in [0.3, 0.4) is 0 Å². The fraction of sp³-hybridized carbons (Fsp3) is 0.419. The van der Waals surface area contributed by atoms with Gasteiger partial charge in [-0.25, -0.2) is 9.59 Å². The van der Waals surface area contributed by atoms with E-state index in [0.717, 1.165) is 66.3 Å². The lowest BCUT2D eigenvalue weighted by Gasteiger charge is -2.33. The number of carbonyl (C=O) groups is 4. The third kappa shape index (κ3) is 5.33. The van der Waals surface area contributed by atoms with Gasteiger partial charge in [-0.2, -0.15) is 0 Å². The Morgan fingerprint density at radius 1 is 0.846 bits per heavy atom. The van der Waals surface area contributed by atoms with Crippen LogP contribution in [0.2, 0.25) is 0 Å². The number of fused-ring (bicyclic) bond motifs is 4. The maximum Gasteiger partial charge on any atom is 0.331 e. The first-order chi connectivity index (χ1) is 18.6. The molecule has 0 atom stereocenters. The maximum absolute atomic E-state index is 13.2. The van der Waals surface area contributed by atoms with Crippen molar-refractivity contribution in [2.45, 2.75) is 85.0 Å². The third-order valence-corrected chi connectivity index (χ3v) is 7.55. The minimum atomic E-state index is -0.589. The van der Waals surface area contributed by atoms with Gasteiger partial charge in [-0.3, -0.25) is 9.59 Å². The molecule has 0 amide bonds. The Morgan fingerprint density at radius 3 is 2.10 bits per heavy atom. The number of hydrogen-bond donors (Lipinski definition) is 0. The molecule has 0 N–H and O–H groups in total. The molecule has 8 heteroatoms. The van der Waals surface area contributed by atoms with Crippen LogP contribution in [0.25, 0.3) is 11.1 Å². The summed E-state index contributed by atoms with van der Waals surface area (Å²) in [5, 5.41) is 7.50. The molecular formula is C31H34N2O6.